The SMILES string of the molecule is Cc1cc2ncc3c(=O)n(CCN4CCOCC4)c(C)nc3c2cc1C. The first-order valence-corrected chi connectivity index (χ1v) is 9.12. The fourth-order valence-corrected chi connectivity index (χ4v) is 3.56. The summed E-state index contributed by atoms with van der Waals surface area (Å²) < 4.78 is 7.16. The van der Waals surface area contributed by atoms with Crippen LogP contribution in [0, 0.1) is 20.8 Å². The third-order valence-corrected chi connectivity index (χ3v) is 5.34. The van der Waals surface area contributed by atoms with Crippen molar-refractivity contribution in [2.24, 2.45) is 0 Å². The molecular weight excluding hydrogens is 328 g/mol. The van der Waals surface area contributed by atoms with E-state index in [2.05, 4.69) is 35.9 Å². The van der Waals surface area contributed by atoms with E-state index in [-0.39, 0.29) is 5.56 Å². The molecule has 0 N–H and O–H groups in total. The van der Waals surface area contributed by atoms with Gasteiger partial charge in [0.25, 0.3) is 5.56 Å². The molecule has 3 aromatic rings. The Bertz CT molecular complexity index is 1040. The average Bonchev–Trinajstić information content (AvgIpc) is 2.63. The second-order valence-electron chi connectivity index (χ2n) is 7.04. The first kappa shape index (κ1) is 17.1. The van der Waals surface area contributed by atoms with Gasteiger partial charge < -0.3 is 4.74 Å². The van der Waals surface area contributed by atoms with Crippen LogP contribution in [-0.2, 0) is 11.3 Å². The molecule has 0 spiro atoms. The molecule has 26 heavy (non-hydrogen) atoms. The molecule has 0 radical (unpaired) electrons. The normalized spacial score (nSPS) is 15.8. The Kier molecular flexibility index (Phi) is 4.46. The van der Waals surface area contributed by atoms with Gasteiger partial charge in [0.2, 0.25) is 0 Å². The summed E-state index contributed by atoms with van der Waals surface area (Å²) >= 11 is 0. The largest absolute Gasteiger partial charge is 0.379 e. The fraction of sp³-hybridized carbons (Fsp3) is 0.450. The van der Waals surface area contributed by atoms with Crippen LogP contribution in [0.4, 0.5) is 0 Å². The molecule has 6 nitrogen and oxygen atoms in total. The maximum atomic E-state index is 13.1. The van der Waals surface area contributed by atoms with E-state index < -0.39 is 0 Å². The van der Waals surface area contributed by atoms with E-state index in [0.29, 0.717) is 11.9 Å². The molecule has 0 amide bonds. The van der Waals surface area contributed by atoms with Gasteiger partial charge >= 0.3 is 0 Å². The van der Waals surface area contributed by atoms with Gasteiger partial charge in [-0.05, 0) is 44.0 Å². The fourth-order valence-electron chi connectivity index (χ4n) is 3.56. The first-order valence-electron chi connectivity index (χ1n) is 9.12. The number of aromatic nitrogens is 3. The van der Waals surface area contributed by atoms with Crippen molar-refractivity contribution in [3.05, 3.63) is 45.6 Å². The smallest absolute Gasteiger partial charge is 0.263 e. The van der Waals surface area contributed by atoms with Gasteiger partial charge in [-0.2, -0.15) is 0 Å². The van der Waals surface area contributed by atoms with Crippen LogP contribution in [0.3, 0.4) is 0 Å². The molecule has 6 heteroatoms. The van der Waals surface area contributed by atoms with Gasteiger partial charge in [0.05, 0.1) is 29.6 Å². The minimum atomic E-state index is -0.00612. The number of fused-ring (bicyclic) bond motifs is 3. The maximum absolute atomic E-state index is 13.1. The Morgan fingerprint density at radius 1 is 1.04 bits per heavy atom. The number of hydrogen-bond donors (Lipinski definition) is 0. The average molecular weight is 352 g/mol. The summed E-state index contributed by atoms with van der Waals surface area (Å²) in [4.78, 5) is 24.7. The van der Waals surface area contributed by atoms with Gasteiger partial charge in [-0.1, -0.05) is 0 Å². The Balaban J connectivity index is 1.77. The topological polar surface area (TPSA) is 60.2 Å². The third-order valence-electron chi connectivity index (χ3n) is 5.34. The highest BCUT2D eigenvalue weighted by molar-refractivity contribution is 6.03. The number of hydrogen-bond acceptors (Lipinski definition) is 5. The van der Waals surface area contributed by atoms with Crippen molar-refractivity contribution < 1.29 is 4.74 Å². The van der Waals surface area contributed by atoms with Crippen LogP contribution in [0.2, 0.25) is 0 Å². The van der Waals surface area contributed by atoms with Crippen molar-refractivity contribution in [3.63, 3.8) is 0 Å². The number of aryl methyl sites for hydroxylation is 3. The van der Waals surface area contributed by atoms with Crippen molar-refractivity contribution in [1.29, 1.82) is 0 Å². The molecule has 136 valence electrons. The molecule has 0 aliphatic carbocycles. The molecule has 0 saturated carbocycles. The van der Waals surface area contributed by atoms with Crippen molar-refractivity contribution >= 4 is 21.8 Å². The second-order valence-corrected chi connectivity index (χ2v) is 7.04. The zero-order chi connectivity index (χ0) is 18.3. The summed E-state index contributed by atoms with van der Waals surface area (Å²) in [6.07, 6.45) is 1.67. The quantitative estimate of drug-likeness (QED) is 0.677. The first-order chi connectivity index (χ1) is 12.5. The molecular formula is C20H24N4O2. The highest BCUT2D eigenvalue weighted by Gasteiger charge is 2.15. The van der Waals surface area contributed by atoms with Gasteiger partial charge in [-0.3, -0.25) is 19.2 Å². The molecule has 0 unspecified atom stereocenters. The van der Waals surface area contributed by atoms with Crippen molar-refractivity contribution in [3.8, 4) is 0 Å². The molecule has 1 aliphatic rings. The zero-order valence-electron chi connectivity index (χ0n) is 15.6. The standard InChI is InChI=1S/C20H24N4O2/c1-13-10-16-18(11-14(13)2)21-12-17-19(16)22-15(3)24(20(17)25)5-4-23-6-8-26-9-7-23/h10-12H,4-9H2,1-3H3. The number of benzene rings is 1. The predicted octanol–water partition coefficient (Wildman–Crippen LogP) is 2.20. The lowest BCUT2D eigenvalue weighted by atomic mass is 10.0. The number of morpholine rings is 1. The van der Waals surface area contributed by atoms with E-state index in [9.17, 15) is 4.79 Å². The summed E-state index contributed by atoms with van der Waals surface area (Å²) in [5.74, 6) is 0.751. The monoisotopic (exact) mass is 352 g/mol. The van der Waals surface area contributed by atoms with Crippen LogP contribution < -0.4 is 5.56 Å². The highest BCUT2D eigenvalue weighted by atomic mass is 16.5. The minimum Gasteiger partial charge on any atom is -0.379 e. The molecule has 0 bridgehead atoms. The van der Waals surface area contributed by atoms with E-state index in [1.54, 1.807) is 10.8 Å². The molecule has 1 aliphatic heterocycles. The van der Waals surface area contributed by atoms with E-state index in [1.807, 2.05) is 6.92 Å². The molecule has 1 fully saturated rings. The molecule has 2 aromatic heterocycles. The number of nitrogens with zero attached hydrogens (tertiary/aromatic N) is 4. The highest BCUT2D eigenvalue weighted by Crippen LogP contribution is 2.23. The molecule has 1 saturated heterocycles. The lowest BCUT2D eigenvalue weighted by Gasteiger charge is -2.27. The Morgan fingerprint density at radius 3 is 2.54 bits per heavy atom. The molecule has 0 atom stereocenters. The number of pyridine rings is 1. The van der Waals surface area contributed by atoms with E-state index in [0.717, 1.165) is 55.1 Å². The maximum Gasteiger partial charge on any atom is 0.263 e. The van der Waals surface area contributed by atoms with Gasteiger partial charge in [-0.25, -0.2) is 4.98 Å². The summed E-state index contributed by atoms with van der Waals surface area (Å²) in [5, 5.41) is 1.54. The predicted molar refractivity (Wildman–Crippen MR) is 103 cm³/mol. The Hall–Kier alpha value is -2.31. The van der Waals surface area contributed by atoms with Gasteiger partial charge in [-0.15, -0.1) is 0 Å². The van der Waals surface area contributed by atoms with E-state index in [1.165, 1.54) is 11.1 Å². The summed E-state index contributed by atoms with van der Waals surface area (Å²) in [6.45, 7) is 10.9. The van der Waals surface area contributed by atoms with Gasteiger partial charge in [0, 0.05) is 37.8 Å². The Morgan fingerprint density at radius 2 is 1.77 bits per heavy atom. The summed E-state index contributed by atoms with van der Waals surface area (Å²) in [6, 6.07) is 4.15. The van der Waals surface area contributed by atoms with Crippen LogP contribution in [0.5, 0.6) is 0 Å². The molecule has 3 heterocycles. The second kappa shape index (κ2) is 6.78. The van der Waals surface area contributed by atoms with Crippen LogP contribution in [0.25, 0.3) is 21.8 Å². The summed E-state index contributed by atoms with van der Waals surface area (Å²) in [5.41, 5.74) is 4.01. The van der Waals surface area contributed by atoms with Crippen LogP contribution >= 0.6 is 0 Å². The van der Waals surface area contributed by atoms with Gasteiger partial charge in [0.15, 0.2) is 0 Å². The minimum absolute atomic E-state index is 0.00612. The summed E-state index contributed by atoms with van der Waals surface area (Å²) in [7, 11) is 0. The molecule has 1 aromatic carbocycles. The lowest BCUT2D eigenvalue weighted by molar-refractivity contribution is 0.0362. The van der Waals surface area contributed by atoms with E-state index in [4.69, 9.17) is 9.72 Å². The van der Waals surface area contributed by atoms with Crippen molar-refractivity contribution in [2.75, 3.05) is 32.8 Å². The number of rotatable bonds is 3. The van der Waals surface area contributed by atoms with Crippen LogP contribution in [-0.4, -0.2) is 52.3 Å². The Labute approximate surface area is 152 Å². The van der Waals surface area contributed by atoms with Crippen molar-refractivity contribution in [2.45, 2.75) is 27.3 Å². The number of ether oxygens (including phenoxy) is 1. The molecule has 4 rings (SSSR count). The zero-order valence-corrected chi connectivity index (χ0v) is 15.6. The third kappa shape index (κ3) is 2.99. The van der Waals surface area contributed by atoms with E-state index >= 15 is 0 Å². The lowest BCUT2D eigenvalue weighted by Crippen LogP contribution is -2.39. The van der Waals surface area contributed by atoms with Crippen LogP contribution in [0.15, 0.2) is 23.1 Å². The van der Waals surface area contributed by atoms with Gasteiger partial charge in [0.1, 0.15) is 5.82 Å². The van der Waals surface area contributed by atoms with Crippen LogP contribution in [0.1, 0.15) is 17.0 Å². The van der Waals surface area contributed by atoms with Crippen molar-refractivity contribution in [1.82, 2.24) is 19.4 Å².